The van der Waals surface area contributed by atoms with Crippen LogP contribution in [-0.2, 0) is 11.2 Å². The molecule has 2 unspecified atom stereocenters. The lowest BCUT2D eigenvalue weighted by Gasteiger charge is -2.17. The standard InChI is InChI=1S/C18H24BrF3N2O2Si/c1-27(2,3)8-7-25-11-26-16-6-4-5-14-17(16)15(24-18(19)23-14)9-12(21)13(22)10-20/h4-6,12-13H,7-11H2,1-3H3. The Labute approximate surface area is 166 Å². The molecular formula is C18H24BrF3N2O2Si. The highest BCUT2D eigenvalue weighted by Gasteiger charge is 2.24. The molecule has 0 N–H and O–H groups in total. The van der Waals surface area contributed by atoms with Gasteiger partial charge in [-0.05, 0) is 34.1 Å². The molecule has 0 aliphatic rings. The molecule has 0 amide bonds. The molecule has 2 aromatic rings. The van der Waals surface area contributed by atoms with Gasteiger partial charge in [-0.15, -0.1) is 0 Å². The predicted octanol–water partition coefficient (Wildman–Crippen LogP) is 5.27. The average molecular weight is 465 g/mol. The molecule has 0 spiro atoms. The van der Waals surface area contributed by atoms with E-state index in [1.54, 1.807) is 18.2 Å². The Morgan fingerprint density at radius 3 is 2.56 bits per heavy atom. The summed E-state index contributed by atoms with van der Waals surface area (Å²) in [5.41, 5.74) is 0.780. The van der Waals surface area contributed by atoms with Crippen molar-refractivity contribution in [1.82, 2.24) is 9.97 Å². The fraction of sp³-hybridized carbons (Fsp3) is 0.556. The molecule has 0 aliphatic heterocycles. The molecule has 2 rings (SSSR count). The van der Waals surface area contributed by atoms with Crippen molar-refractivity contribution in [3.63, 3.8) is 0 Å². The summed E-state index contributed by atoms with van der Waals surface area (Å²) in [5.74, 6) is 0.422. The summed E-state index contributed by atoms with van der Waals surface area (Å²) >= 11 is 3.17. The van der Waals surface area contributed by atoms with E-state index in [1.165, 1.54) is 0 Å². The fourth-order valence-corrected chi connectivity index (χ4v) is 3.58. The number of halogens is 4. The lowest BCUT2D eigenvalue weighted by molar-refractivity contribution is 0.0229. The van der Waals surface area contributed by atoms with E-state index < -0.39 is 27.1 Å². The smallest absolute Gasteiger partial charge is 0.197 e. The lowest BCUT2D eigenvalue weighted by Crippen LogP contribution is -2.23. The quantitative estimate of drug-likeness (QED) is 0.208. The van der Waals surface area contributed by atoms with Crippen molar-refractivity contribution in [2.24, 2.45) is 0 Å². The molecule has 0 saturated heterocycles. The number of alkyl halides is 3. The van der Waals surface area contributed by atoms with E-state index in [0.29, 0.717) is 23.3 Å². The Hall–Kier alpha value is -1.19. The van der Waals surface area contributed by atoms with Gasteiger partial charge in [-0.2, -0.15) is 0 Å². The van der Waals surface area contributed by atoms with Crippen LogP contribution in [0.1, 0.15) is 5.69 Å². The number of nitrogens with zero attached hydrogens (tertiary/aromatic N) is 2. The molecule has 0 saturated carbocycles. The molecule has 1 aromatic carbocycles. The van der Waals surface area contributed by atoms with Crippen molar-refractivity contribution in [2.75, 3.05) is 20.1 Å². The van der Waals surface area contributed by atoms with Crippen LogP contribution in [-0.4, -0.2) is 50.5 Å². The summed E-state index contributed by atoms with van der Waals surface area (Å²) < 4.78 is 51.2. The van der Waals surface area contributed by atoms with Crippen LogP contribution in [0, 0.1) is 0 Å². The third-order valence-corrected chi connectivity index (χ3v) is 6.01. The number of benzene rings is 1. The lowest BCUT2D eigenvalue weighted by atomic mass is 10.1. The van der Waals surface area contributed by atoms with E-state index in [1.807, 2.05) is 0 Å². The van der Waals surface area contributed by atoms with E-state index in [4.69, 9.17) is 9.47 Å². The van der Waals surface area contributed by atoms with Crippen molar-refractivity contribution in [2.45, 2.75) is 44.4 Å². The van der Waals surface area contributed by atoms with Crippen LogP contribution in [0.3, 0.4) is 0 Å². The van der Waals surface area contributed by atoms with Crippen LogP contribution < -0.4 is 4.74 Å². The topological polar surface area (TPSA) is 44.2 Å². The zero-order valence-corrected chi connectivity index (χ0v) is 18.2. The first-order chi connectivity index (χ1) is 12.7. The second kappa shape index (κ2) is 9.84. The average Bonchev–Trinajstić information content (AvgIpc) is 2.59. The van der Waals surface area contributed by atoms with E-state index in [2.05, 4.69) is 45.5 Å². The summed E-state index contributed by atoms with van der Waals surface area (Å²) in [7, 11) is -1.19. The molecule has 27 heavy (non-hydrogen) atoms. The minimum Gasteiger partial charge on any atom is -0.467 e. The zero-order chi connectivity index (χ0) is 20.0. The van der Waals surface area contributed by atoms with Crippen LogP contribution in [0.2, 0.25) is 25.7 Å². The second-order valence-electron chi connectivity index (χ2n) is 7.46. The van der Waals surface area contributed by atoms with Crippen LogP contribution in [0.5, 0.6) is 5.75 Å². The summed E-state index contributed by atoms with van der Waals surface area (Å²) in [6.07, 6.45) is -4.56. The number of hydrogen-bond acceptors (Lipinski definition) is 4. The first-order valence-electron chi connectivity index (χ1n) is 8.71. The zero-order valence-electron chi connectivity index (χ0n) is 15.6. The van der Waals surface area contributed by atoms with Gasteiger partial charge in [0, 0.05) is 21.1 Å². The number of fused-ring (bicyclic) bond motifs is 1. The van der Waals surface area contributed by atoms with E-state index in [0.717, 1.165) is 6.04 Å². The van der Waals surface area contributed by atoms with E-state index >= 15 is 0 Å². The van der Waals surface area contributed by atoms with Gasteiger partial charge in [-0.25, -0.2) is 23.1 Å². The van der Waals surface area contributed by atoms with Crippen LogP contribution in [0.4, 0.5) is 13.2 Å². The van der Waals surface area contributed by atoms with Crippen LogP contribution in [0.25, 0.3) is 10.9 Å². The van der Waals surface area contributed by atoms with Crippen LogP contribution >= 0.6 is 15.9 Å². The number of rotatable bonds is 10. The molecule has 0 fully saturated rings. The first kappa shape index (κ1) is 22.1. The monoisotopic (exact) mass is 464 g/mol. The summed E-state index contributed by atoms with van der Waals surface area (Å²) in [4.78, 5) is 8.40. The normalized spacial score (nSPS) is 14.3. The van der Waals surface area contributed by atoms with Crippen molar-refractivity contribution >= 4 is 34.9 Å². The molecule has 150 valence electrons. The highest BCUT2D eigenvalue weighted by Crippen LogP contribution is 2.30. The highest BCUT2D eigenvalue weighted by molar-refractivity contribution is 9.10. The molecule has 9 heteroatoms. The minimum absolute atomic E-state index is 0.0361. The Morgan fingerprint density at radius 2 is 1.89 bits per heavy atom. The van der Waals surface area contributed by atoms with E-state index in [-0.39, 0.29) is 23.6 Å². The minimum atomic E-state index is -2.19. The molecule has 4 nitrogen and oxygen atoms in total. The van der Waals surface area contributed by atoms with Gasteiger partial charge in [0.2, 0.25) is 0 Å². The Balaban J connectivity index is 2.19. The summed E-state index contributed by atoms with van der Waals surface area (Å²) in [6, 6.07) is 6.17. The van der Waals surface area contributed by atoms with Crippen molar-refractivity contribution in [1.29, 1.82) is 0 Å². The molecule has 0 aliphatic carbocycles. The van der Waals surface area contributed by atoms with Gasteiger partial charge in [0.15, 0.2) is 17.7 Å². The summed E-state index contributed by atoms with van der Waals surface area (Å²) in [6.45, 7) is 6.03. The fourth-order valence-electron chi connectivity index (χ4n) is 2.41. The Kier molecular flexibility index (Phi) is 8.05. The maximum Gasteiger partial charge on any atom is 0.197 e. The van der Waals surface area contributed by atoms with Gasteiger partial charge < -0.3 is 9.47 Å². The molecule has 0 bridgehead atoms. The Bertz CT molecular complexity index is 761. The maximum absolute atomic E-state index is 14.0. The van der Waals surface area contributed by atoms with Crippen molar-refractivity contribution in [3.05, 3.63) is 28.6 Å². The molecule has 2 atom stereocenters. The summed E-state index contributed by atoms with van der Waals surface area (Å²) in [5, 5.41) is 0.475. The Morgan fingerprint density at radius 1 is 1.15 bits per heavy atom. The number of aromatic nitrogens is 2. The number of hydrogen-bond donors (Lipinski definition) is 0. The predicted molar refractivity (Wildman–Crippen MR) is 106 cm³/mol. The van der Waals surface area contributed by atoms with E-state index in [9.17, 15) is 13.2 Å². The molecule has 1 heterocycles. The molecule has 1 aromatic heterocycles. The maximum atomic E-state index is 14.0. The van der Waals surface area contributed by atoms with Gasteiger partial charge in [-0.3, -0.25) is 0 Å². The van der Waals surface area contributed by atoms with Gasteiger partial charge >= 0.3 is 0 Å². The van der Waals surface area contributed by atoms with Crippen LogP contribution in [0.15, 0.2) is 22.9 Å². The van der Waals surface area contributed by atoms with Crippen molar-refractivity contribution in [3.8, 4) is 5.75 Å². The van der Waals surface area contributed by atoms with Gasteiger partial charge in [0.25, 0.3) is 0 Å². The third-order valence-electron chi connectivity index (χ3n) is 3.96. The van der Waals surface area contributed by atoms with Crippen molar-refractivity contribution < 1.29 is 22.6 Å². The number of ether oxygens (including phenoxy) is 2. The third kappa shape index (κ3) is 6.72. The SMILES string of the molecule is C[Si](C)(C)CCOCOc1cccc2nc(Br)nc(CC(F)C(F)CF)c12. The second-order valence-corrected chi connectivity index (χ2v) is 13.8. The molecule has 0 radical (unpaired) electrons. The largest absolute Gasteiger partial charge is 0.467 e. The highest BCUT2D eigenvalue weighted by atomic mass is 79.9. The van der Waals surface area contributed by atoms with Gasteiger partial charge in [-0.1, -0.05) is 25.7 Å². The molecular weight excluding hydrogens is 441 g/mol. The van der Waals surface area contributed by atoms with Gasteiger partial charge in [0.05, 0.1) is 16.6 Å². The van der Waals surface area contributed by atoms with Gasteiger partial charge in [0.1, 0.15) is 18.6 Å². The first-order valence-corrected chi connectivity index (χ1v) is 13.2.